The van der Waals surface area contributed by atoms with Crippen molar-refractivity contribution in [1.82, 2.24) is 24.1 Å². The van der Waals surface area contributed by atoms with E-state index in [9.17, 15) is 8.42 Å². The fourth-order valence-electron chi connectivity index (χ4n) is 6.37. The van der Waals surface area contributed by atoms with Crippen LogP contribution in [-0.4, -0.2) is 113 Å². The standard InChI is InChI=1S/C31H42ClN9O3S/c1-37(2)45(42,43)41-15-10-22-6-5-7-27(29(22)41)34-30-25(32)21-33-31(36-30)35-26-9-8-24(20-28(26)44-4)39-13-11-23(12-14-39)40-18-16-38(3)17-19-40/h5-9,20-21,23H,10-19H2,1-4H3,(H2,33,34,35,36). The first-order valence-electron chi connectivity index (χ1n) is 15.4. The topological polar surface area (TPSA) is 109 Å². The van der Waals surface area contributed by atoms with E-state index in [1.165, 1.54) is 28.9 Å². The largest absolute Gasteiger partial charge is 0.494 e. The van der Waals surface area contributed by atoms with Crippen molar-refractivity contribution in [2.75, 3.05) is 93.9 Å². The van der Waals surface area contributed by atoms with Gasteiger partial charge in [0.2, 0.25) is 5.95 Å². The van der Waals surface area contributed by atoms with Gasteiger partial charge in [0.05, 0.1) is 30.4 Å². The number of piperazine rings is 1. The van der Waals surface area contributed by atoms with E-state index in [0.29, 0.717) is 52.9 Å². The molecule has 3 aliphatic heterocycles. The van der Waals surface area contributed by atoms with Crippen LogP contribution in [0.4, 0.5) is 34.5 Å². The fraction of sp³-hybridized carbons (Fsp3) is 0.484. The van der Waals surface area contributed by atoms with Gasteiger partial charge in [-0.2, -0.15) is 17.7 Å². The Hall–Kier alpha value is -3.36. The van der Waals surface area contributed by atoms with Crippen LogP contribution in [-0.2, 0) is 16.6 Å². The predicted octanol–water partition coefficient (Wildman–Crippen LogP) is 4.01. The number of halogens is 1. The molecule has 242 valence electrons. The molecule has 3 aliphatic rings. The molecule has 12 nitrogen and oxygen atoms in total. The molecule has 0 atom stereocenters. The fourth-order valence-corrected chi connectivity index (χ4v) is 7.67. The summed E-state index contributed by atoms with van der Waals surface area (Å²) in [5.41, 5.74) is 3.98. The number of rotatable bonds is 9. The predicted molar refractivity (Wildman–Crippen MR) is 181 cm³/mol. The number of likely N-dealkylation sites (N-methyl/N-ethyl adjacent to an activating group) is 1. The smallest absolute Gasteiger partial charge is 0.303 e. The molecule has 45 heavy (non-hydrogen) atoms. The average Bonchev–Trinajstić information content (AvgIpc) is 3.49. The van der Waals surface area contributed by atoms with Gasteiger partial charge in [-0.15, -0.1) is 0 Å². The van der Waals surface area contributed by atoms with Crippen molar-refractivity contribution in [3.63, 3.8) is 0 Å². The lowest BCUT2D eigenvalue weighted by atomic mass is 10.0. The van der Waals surface area contributed by atoms with E-state index in [-0.39, 0.29) is 0 Å². The number of para-hydroxylation sites is 1. The van der Waals surface area contributed by atoms with Crippen molar-refractivity contribution in [3.8, 4) is 5.75 Å². The number of benzene rings is 2. The number of piperidine rings is 1. The first kappa shape index (κ1) is 31.6. The number of fused-ring (bicyclic) bond motifs is 1. The van der Waals surface area contributed by atoms with Gasteiger partial charge in [-0.1, -0.05) is 23.7 Å². The summed E-state index contributed by atoms with van der Waals surface area (Å²) in [5, 5.41) is 6.84. The number of anilines is 6. The second-order valence-corrected chi connectivity index (χ2v) is 14.5. The Morgan fingerprint density at radius 3 is 2.44 bits per heavy atom. The van der Waals surface area contributed by atoms with Crippen LogP contribution in [0.5, 0.6) is 5.75 Å². The first-order chi connectivity index (χ1) is 21.6. The highest BCUT2D eigenvalue weighted by molar-refractivity contribution is 7.90. The molecule has 0 amide bonds. The molecule has 0 radical (unpaired) electrons. The van der Waals surface area contributed by atoms with Crippen molar-refractivity contribution in [3.05, 3.63) is 53.2 Å². The molecule has 2 N–H and O–H groups in total. The van der Waals surface area contributed by atoms with E-state index in [4.69, 9.17) is 16.3 Å². The van der Waals surface area contributed by atoms with Crippen LogP contribution in [0.3, 0.4) is 0 Å². The normalized spacial score (nSPS) is 18.4. The van der Waals surface area contributed by atoms with E-state index < -0.39 is 10.2 Å². The molecule has 6 rings (SSSR count). The number of nitrogens with zero attached hydrogens (tertiary/aromatic N) is 7. The van der Waals surface area contributed by atoms with Crippen molar-refractivity contribution in [1.29, 1.82) is 0 Å². The van der Waals surface area contributed by atoms with E-state index in [1.807, 2.05) is 24.3 Å². The number of hydrogen-bond donors (Lipinski definition) is 2. The third kappa shape index (κ3) is 6.63. The molecule has 0 bridgehead atoms. The number of aromatic nitrogens is 2. The SMILES string of the molecule is COc1cc(N2CCC(N3CCN(C)CC3)CC2)ccc1Nc1ncc(Cl)c(Nc2cccc3c2N(S(=O)(=O)N(C)C)CC3)n1. The van der Waals surface area contributed by atoms with E-state index >= 15 is 0 Å². The highest BCUT2D eigenvalue weighted by Crippen LogP contribution is 2.40. The molecule has 2 aromatic carbocycles. The van der Waals surface area contributed by atoms with E-state index in [2.05, 4.69) is 54.5 Å². The van der Waals surface area contributed by atoms with Gasteiger partial charge in [0.15, 0.2) is 5.82 Å². The zero-order valence-corrected chi connectivity index (χ0v) is 27.9. The Kier molecular flexibility index (Phi) is 9.25. The average molecular weight is 656 g/mol. The summed E-state index contributed by atoms with van der Waals surface area (Å²) in [7, 11) is 3.25. The maximum absolute atomic E-state index is 13.0. The molecule has 2 fully saturated rings. The maximum Gasteiger partial charge on any atom is 0.303 e. The minimum atomic E-state index is -3.67. The number of hydrogen-bond acceptors (Lipinski definition) is 10. The second kappa shape index (κ2) is 13.2. The van der Waals surface area contributed by atoms with Gasteiger partial charge in [-0.3, -0.25) is 9.21 Å². The molecular formula is C31H42ClN9O3S. The first-order valence-corrected chi connectivity index (χ1v) is 17.2. The highest BCUT2D eigenvalue weighted by Gasteiger charge is 2.33. The number of nitrogens with one attached hydrogen (secondary N) is 2. The van der Waals surface area contributed by atoms with Crippen LogP contribution >= 0.6 is 11.6 Å². The van der Waals surface area contributed by atoms with Crippen LogP contribution in [0.1, 0.15) is 18.4 Å². The van der Waals surface area contributed by atoms with Crippen LogP contribution in [0.25, 0.3) is 0 Å². The van der Waals surface area contributed by atoms with Gasteiger partial charge < -0.3 is 25.2 Å². The van der Waals surface area contributed by atoms with Crippen molar-refractivity contribution in [2.45, 2.75) is 25.3 Å². The summed E-state index contributed by atoms with van der Waals surface area (Å²) in [5.74, 6) is 1.37. The summed E-state index contributed by atoms with van der Waals surface area (Å²) >= 11 is 6.52. The number of ether oxygens (including phenoxy) is 1. The minimum Gasteiger partial charge on any atom is -0.494 e. The van der Waals surface area contributed by atoms with Gasteiger partial charge in [-0.05, 0) is 50.1 Å². The monoisotopic (exact) mass is 655 g/mol. The second-order valence-electron chi connectivity index (χ2n) is 12.0. The lowest BCUT2D eigenvalue weighted by Gasteiger charge is -2.42. The Bertz CT molecular complexity index is 1620. The van der Waals surface area contributed by atoms with Crippen molar-refractivity contribution in [2.24, 2.45) is 0 Å². The molecule has 3 aromatic rings. The maximum atomic E-state index is 13.0. The third-order valence-corrected chi connectivity index (χ3v) is 11.1. The Balaban J connectivity index is 1.16. The van der Waals surface area contributed by atoms with Crippen LogP contribution in [0.15, 0.2) is 42.6 Å². The van der Waals surface area contributed by atoms with Crippen LogP contribution in [0, 0.1) is 0 Å². The number of methoxy groups -OCH3 is 1. The van der Waals surface area contributed by atoms with Crippen LogP contribution in [0.2, 0.25) is 5.02 Å². The van der Waals surface area contributed by atoms with Gasteiger partial charge in [0.1, 0.15) is 10.8 Å². The Labute approximate surface area is 271 Å². The van der Waals surface area contributed by atoms with Crippen molar-refractivity contribution < 1.29 is 13.2 Å². The molecule has 2 saturated heterocycles. The molecule has 0 aliphatic carbocycles. The van der Waals surface area contributed by atoms with E-state index in [0.717, 1.165) is 69.0 Å². The van der Waals surface area contributed by atoms with Gasteiger partial charge in [0.25, 0.3) is 0 Å². The lowest BCUT2D eigenvalue weighted by Crippen LogP contribution is -2.52. The molecule has 0 saturated carbocycles. The Morgan fingerprint density at radius 1 is 0.978 bits per heavy atom. The summed E-state index contributed by atoms with van der Waals surface area (Å²) in [6.07, 6.45) is 4.45. The molecular weight excluding hydrogens is 614 g/mol. The molecule has 0 spiro atoms. The van der Waals surface area contributed by atoms with Gasteiger partial charge >= 0.3 is 10.2 Å². The van der Waals surface area contributed by atoms with Crippen LogP contribution < -0.4 is 24.6 Å². The third-order valence-electron chi connectivity index (χ3n) is 9.01. The zero-order chi connectivity index (χ0) is 31.7. The summed E-state index contributed by atoms with van der Waals surface area (Å²) in [4.78, 5) is 16.5. The molecule has 14 heteroatoms. The molecule has 4 heterocycles. The minimum absolute atomic E-state index is 0.306. The van der Waals surface area contributed by atoms with Crippen molar-refractivity contribution >= 4 is 56.3 Å². The van der Waals surface area contributed by atoms with E-state index in [1.54, 1.807) is 7.11 Å². The Morgan fingerprint density at radius 2 is 1.73 bits per heavy atom. The molecule has 0 unspecified atom stereocenters. The zero-order valence-electron chi connectivity index (χ0n) is 26.3. The highest BCUT2D eigenvalue weighted by atomic mass is 35.5. The molecule has 1 aromatic heterocycles. The van der Waals surface area contributed by atoms with Gasteiger partial charge in [-0.25, -0.2) is 4.98 Å². The quantitative estimate of drug-likeness (QED) is 0.351. The summed E-state index contributed by atoms with van der Waals surface area (Å²) < 4.78 is 34.5. The lowest BCUT2D eigenvalue weighted by molar-refractivity contribution is 0.0982. The summed E-state index contributed by atoms with van der Waals surface area (Å²) in [6.45, 7) is 7.00. The van der Waals surface area contributed by atoms with Gasteiger partial charge in [0, 0.05) is 77.7 Å². The summed E-state index contributed by atoms with van der Waals surface area (Å²) in [6, 6.07) is 12.4.